The first-order chi connectivity index (χ1) is 8.30. The van der Waals surface area contributed by atoms with Gasteiger partial charge in [-0.25, -0.2) is 0 Å². The largest absolute Gasteiger partial charge is 0.504 e. The Balaban J connectivity index is 2.54. The van der Waals surface area contributed by atoms with Crippen molar-refractivity contribution in [2.75, 3.05) is 19.0 Å². The second kappa shape index (κ2) is 7.28. The summed E-state index contributed by atoms with van der Waals surface area (Å²) in [7, 11) is 1.62. The molecule has 1 aromatic rings. The molecule has 0 unspecified atom stereocenters. The molecule has 0 aromatic heterocycles. The Kier molecular flexibility index (Phi) is 5.58. The van der Waals surface area contributed by atoms with Crippen LogP contribution in [0.25, 0.3) is 0 Å². The molecule has 0 bridgehead atoms. The summed E-state index contributed by atoms with van der Waals surface area (Å²) in [5.74, 6) is 0. The number of anilines is 1. The molecule has 0 radical (unpaired) electrons. The smallest absolute Gasteiger partial charge is 0.150 e. The van der Waals surface area contributed by atoms with E-state index in [1.165, 1.54) is 0 Å². The van der Waals surface area contributed by atoms with E-state index in [0.29, 0.717) is 5.56 Å². The van der Waals surface area contributed by atoms with Gasteiger partial charge in [0.05, 0.1) is 13.4 Å². The number of carbonyl (C=O) groups is 1. The van der Waals surface area contributed by atoms with Gasteiger partial charge in [0.15, 0.2) is 0 Å². The van der Waals surface area contributed by atoms with E-state index < -0.39 is 0 Å². The maximum absolute atomic E-state index is 10.5. The fourth-order valence-corrected chi connectivity index (χ4v) is 1.30. The predicted octanol–water partition coefficient (Wildman–Crippen LogP) is 3.02. The molecule has 1 rings (SSSR count). The first-order valence-corrected chi connectivity index (χ1v) is 5.43. The third-order valence-corrected chi connectivity index (χ3v) is 2.33. The van der Waals surface area contributed by atoms with Gasteiger partial charge in [-0.1, -0.05) is 6.08 Å². The Labute approximate surface area is 102 Å². The van der Waals surface area contributed by atoms with Gasteiger partial charge in [0.1, 0.15) is 6.29 Å². The quantitative estimate of drug-likeness (QED) is 0.464. The van der Waals surface area contributed by atoms with E-state index in [4.69, 9.17) is 4.74 Å². The zero-order chi connectivity index (χ0) is 12.5. The number of carbonyl (C=O) groups excluding carboxylic acids is 1. The number of benzene rings is 1. The second-order valence-electron chi connectivity index (χ2n) is 3.50. The summed E-state index contributed by atoms with van der Waals surface area (Å²) in [6, 6.07) is 7.35. The predicted molar refractivity (Wildman–Crippen MR) is 70.2 cm³/mol. The Hall–Kier alpha value is -2.03. The van der Waals surface area contributed by atoms with Crippen LogP contribution in [0.3, 0.4) is 0 Å². The lowest BCUT2D eigenvalue weighted by molar-refractivity contribution is 0.112. The molecule has 1 N–H and O–H groups in total. The molecule has 0 aliphatic heterocycles. The van der Waals surface area contributed by atoms with Gasteiger partial charge in [0, 0.05) is 17.8 Å². The van der Waals surface area contributed by atoms with Gasteiger partial charge in [-0.05, 0) is 42.8 Å². The van der Waals surface area contributed by atoms with Crippen molar-refractivity contribution < 1.29 is 9.53 Å². The van der Waals surface area contributed by atoms with Crippen molar-refractivity contribution in [3.05, 3.63) is 53.8 Å². The molecular formula is C14H17NO2. The lowest BCUT2D eigenvalue weighted by Crippen LogP contribution is -2.03. The summed E-state index contributed by atoms with van der Waals surface area (Å²) >= 11 is 0. The second-order valence-corrected chi connectivity index (χ2v) is 3.50. The minimum absolute atomic E-state index is 0.682. The van der Waals surface area contributed by atoms with E-state index >= 15 is 0 Å². The lowest BCUT2D eigenvalue weighted by Gasteiger charge is -2.07. The monoisotopic (exact) mass is 231 g/mol. The van der Waals surface area contributed by atoms with Crippen molar-refractivity contribution in [3.8, 4) is 0 Å². The van der Waals surface area contributed by atoms with Crippen LogP contribution in [-0.4, -0.2) is 19.9 Å². The average Bonchev–Trinajstić information content (AvgIpc) is 2.39. The Morgan fingerprint density at radius 1 is 1.35 bits per heavy atom. The molecule has 1 aromatic carbocycles. The maximum atomic E-state index is 10.5. The van der Waals surface area contributed by atoms with Gasteiger partial charge in [0.2, 0.25) is 0 Å². The molecule has 0 heterocycles. The number of hydrogen-bond donors (Lipinski definition) is 1. The number of methoxy groups -OCH3 is 1. The number of nitrogens with one attached hydrogen (secondary N) is 1. The standard InChI is InChI=1S/C14H17NO2/c1-3-12(8-9-17-2)10-15-14-6-4-13(11-16)5-7-14/h3-9,11,15H,10H2,1-2H3/b9-8-,12-3+. The average molecular weight is 231 g/mol. The molecule has 3 nitrogen and oxygen atoms in total. The zero-order valence-electron chi connectivity index (χ0n) is 10.1. The third-order valence-electron chi connectivity index (χ3n) is 2.33. The topological polar surface area (TPSA) is 38.3 Å². The molecule has 0 saturated carbocycles. The Bertz CT molecular complexity index is 405. The molecule has 0 fully saturated rings. The van der Waals surface area contributed by atoms with Crippen LogP contribution in [-0.2, 0) is 4.74 Å². The normalized spacial score (nSPS) is 11.5. The van der Waals surface area contributed by atoms with Gasteiger partial charge in [-0.3, -0.25) is 4.79 Å². The molecule has 90 valence electrons. The zero-order valence-corrected chi connectivity index (χ0v) is 10.1. The van der Waals surface area contributed by atoms with Gasteiger partial charge >= 0.3 is 0 Å². The lowest BCUT2D eigenvalue weighted by atomic mass is 10.2. The molecule has 0 atom stereocenters. The van der Waals surface area contributed by atoms with Crippen molar-refractivity contribution in [1.29, 1.82) is 0 Å². The molecule has 0 amide bonds. The van der Waals surface area contributed by atoms with E-state index in [-0.39, 0.29) is 0 Å². The number of rotatable bonds is 6. The van der Waals surface area contributed by atoms with Crippen molar-refractivity contribution in [2.24, 2.45) is 0 Å². The summed E-state index contributed by atoms with van der Waals surface area (Å²) in [6.45, 7) is 2.70. The fourth-order valence-electron chi connectivity index (χ4n) is 1.30. The summed E-state index contributed by atoms with van der Waals surface area (Å²) < 4.78 is 4.87. The van der Waals surface area contributed by atoms with E-state index in [1.54, 1.807) is 25.5 Å². The molecule has 0 aliphatic rings. The van der Waals surface area contributed by atoms with Crippen LogP contribution in [0.5, 0.6) is 0 Å². The highest BCUT2D eigenvalue weighted by molar-refractivity contribution is 5.75. The Morgan fingerprint density at radius 3 is 2.59 bits per heavy atom. The number of aldehydes is 1. The highest BCUT2D eigenvalue weighted by atomic mass is 16.5. The summed E-state index contributed by atoms with van der Waals surface area (Å²) in [5, 5.41) is 3.26. The maximum Gasteiger partial charge on any atom is 0.150 e. The SMILES string of the molecule is C/C=C(\C=C/OC)CNc1ccc(C=O)cc1. The molecule has 0 saturated heterocycles. The van der Waals surface area contributed by atoms with E-state index in [0.717, 1.165) is 24.1 Å². The van der Waals surface area contributed by atoms with Crippen LogP contribution in [0, 0.1) is 0 Å². The minimum atomic E-state index is 0.682. The Morgan fingerprint density at radius 2 is 2.06 bits per heavy atom. The number of allylic oxidation sites excluding steroid dienone is 1. The number of hydrogen-bond acceptors (Lipinski definition) is 3. The van der Waals surface area contributed by atoms with Crippen LogP contribution < -0.4 is 5.32 Å². The molecule has 3 heteroatoms. The van der Waals surface area contributed by atoms with E-state index in [1.807, 2.05) is 31.2 Å². The van der Waals surface area contributed by atoms with Gasteiger partial charge in [0.25, 0.3) is 0 Å². The molecule has 0 spiro atoms. The van der Waals surface area contributed by atoms with E-state index in [9.17, 15) is 4.79 Å². The summed E-state index contributed by atoms with van der Waals surface area (Å²) in [4.78, 5) is 10.5. The third kappa shape index (κ3) is 4.55. The van der Waals surface area contributed by atoms with Crippen molar-refractivity contribution in [1.82, 2.24) is 0 Å². The first kappa shape index (κ1) is 13.0. The molecular weight excluding hydrogens is 214 g/mol. The van der Waals surface area contributed by atoms with Crippen molar-refractivity contribution in [2.45, 2.75) is 6.92 Å². The van der Waals surface area contributed by atoms with Gasteiger partial charge in [-0.2, -0.15) is 0 Å². The highest BCUT2D eigenvalue weighted by Crippen LogP contribution is 2.09. The summed E-state index contributed by atoms with van der Waals surface area (Å²) in [6.07, 6.45) is 6.41. The molecule has 17 heavy (non-hydrogen) atoms. The molecule has 0 aliphatic carbocycles. The highest BCUT2D eigenvalue weighted by Gasteiger charge is 1.94. The van der Waals surface area contributed by atoms with Crippen LogP contribution in [0.1, 0.15) is 17.3 Å². The number of ether oxygens (including phenoxy) is 1. The van der Waals surface area contributed by atoms with Crippen LogP contribution in [0.15, 0.2) is 48.3 Å². The van der Waals surface area contributed by atoms with Crippen LogP contribution >= 0.6 is 0 Å². The van der Waals surface area contributed by atoms with Crippen molar-refractivity contribution in [3.63, 3.8) is 0 Å². The van der Waals surface area contributed by atoms with Gasteiger partial charge < -0.3 is 10.1 Å². The van der Waals surface area contributed by atoms with Crippen molar-refractivity contribution >= 4 is 12.0 Å². The van der Waals surface area contributed by atoms with Gasteiger partial charge in [-0.15, -0.1) is 0 Å². The van der Waals surface area contributed by atoms with Crippen LogP contribution in [0.4, 0.5) is 5.69 Å². The van der Waals surface area contributed by atoms with Crippen LogP contribution in [0.2, 0.25) is 0 Å². The summed E-state index contributed by atoms with van der Waals surface area (Å²) in [5.41, 5.74) is 2.80. The first-order valence-electron chi connectivity index (χ1n) is 5.43. The minimum Gasteiger partial charge on any atom is -0.504 e. The fraction of sp³-hybridized carbons (Fsp3) is 0.214. The van der Waals surface area contributed by atoms with E-state index in [2.05, 4.69) is 5.32 Å².